The molecule has 2 aromatic rings. The molecule has 1 saturated heterocycles. The molecule has 1 N–H and O–H groups in total. The number of hydrogen-bond acceptors (Lipinski definition) is 5. The van der Waals surface area contributed by atoms with Crippen molar-refractivity contribution in [2.45, 2.75) is 32.4 Å². The minimum Gasteiger partial charge on any atom is -0.378 e. The molecule has 1 fully saturated rings. The highest BCUT2D eigenvalue weighted by molar-refractivity contribution is 5.08. The summed E-state index contributed by atoms with van der Waals surface area (Å²) in [5.74, 6) is 1.01. The number of hydrogen-bond donors (Lipinski definition) is 1. The summed E-state index contributed by atoms with van der Waals surface area (Å²) >= 11 is 0. The molecule has 3 rings (SSSR count). The Kier molecular flexibility index (Phi) is 4.57. The van der Waals surface area contributed by atoms with E-state index in [4.69, 9.17) is 4.74 Å². The van der Waals surface area contributed by atoms with Crippen LogP contribution in [0.2, 0.25) is 0 Å². The summed E-state index contributed by atoms with van der Waals surface area (Å²) in [5, 5.41) is 0. The maximum Gasteiger partial charge on any atom is 0.120 e. The summed E-state index contributed by atoms with van der Waals surface area (Å²) in [7, 11) is 0. The summed E-state index contributed by atoms with van der Waals surface area (Å²) in [4.78, 5) is 18.7. The number of ether oxygens (including phenoxy) is 1. The molecule has 6 nitrogen and oxygen atoms in total. The van der Waals surface area contributed by atoms with E-state index in [2.05, 4.69) is 24.8 Å². The second kappa shape index (κ2) is 6.78. The predicted octanol–water partition coefficient (Wildman–Crippen LogP) is 1.34. The molecule has 0 bridgehead atoms. The van der Waals surface area contributed by atoms with Gasteiger partial charge in [-0.15, -0.1) is 0 Å². The number of aromatic nitrogens is 4. The van der Waals surface area contributed by atoms with Crippen LogP contribution in [0.15, 0.2) is 24.8 Å². The van der Waals surface area contributed by atoms with Crippen molar-refractivity contribution in [1.29, 1.82) is 0 Å². The number of H-pyrrole nitrogens is 1. The van der Waals surface area contributed by atoms with Crippen LogP contribution in [0, 0.1) is 6.92 Å². The Labute approximate surface area is 124 Å². The van der Waals surface area contributed by atoms with E-state index in [1.54, 1.807) is 18.6 Å². The highest BCUT2D eigenvalue weighted by Crippen LogP contribution is 2.16. The Bertz CT molecular complexity index is 557. The molecule has 0 saturated carbocycles. The molecule has 21 heavy (non-hydrogen) atoms. The highest BCUT2D eigenvalue weighted by atomic mass is 16.5. The Balaban J connectivity index is 1.60. The maximum atomic E-state index is 5.64. The molecule has 2 aromatic heterocycles. The van der Waals surface area contributed by atoms with E-state index in [0.717, 1.165) is 56.4 Å². The topological polar surface area (TPSA) is 66.9 Å². The third kappa shape index (κ3) is 3.65. The summed E-state index contributed by atoms with van der Waals surface area (Å²) in [6.45, 7) is 5.38. The van der Waals surface area contributed by atoms with Crippen LogP contribution < -0.4 is 0 Å². The number of nitrogens with one attached hydrogen (secondary N) is 1. The van der Waals surface area contributed by atoms with Crippen molar-refractivity contribution >= 4 is 0 Å². The number of nitrogens with zero attached hydrogens (tertiary/aromatic N) is 4. The fourth-order valence-electron chi connectivity index (χ4n) is 2.73. The summed E-state index contributed by atoms with van der Waals surface area (Å²) in [6.07, 6.45) is 9.14. The molecule has 3 heterocycles. The molecule has 0 aliphatic carbocycles. The van der Waals surface area contributed by atoms with Gasteiger partial charge in [0.2, 0.25) is 0 Å². The zero-order chi connectivity index (χ0) is 14.5. The fourth-order valence-corrected chi connectivity index (χ4v) is 2.73. The van der Waals surface area contributed by atoms with Gasteiger partial charge in [0.25, 0.3) is 0 Å². The monoisotopic (exact) mass is 287 g/mol. The summed E-state index contributed by atoms with van der Waals surface area (Å²) in [6, 6.07) is 0.408. The van der Waals surface area contributed by atoms with E-state index < -0.39 is 0 Å². The van der Waals surface area contributed by atoms with Crippen LogP contribution in [0.25, 0.3) is 0 Å². The lowest BCUT2D eigenvalue weighted by Gasteiger charge is -2.35. The molecule has 1 aliphatic rings. The molecular weight excluding hydrogens is 266 g/mol. The van der Waals surface area contributed by atoms with Crippen LogP contribution >= 0.6 is 0 Å². The van der Waals surface area contributed by atoms with Gasteiger partial charge < -0.3 is 9.72 Å². The van der Waals surface area contributed by atoms with E-state index in [1.807, 2.05) is 13.1 Å². The number of aryl methyl sites for hydroxylation is 2. The van der Waals surface area contributed by atoms with E-state index in [1.165, 1.54) is 0 Å². The first-order chi connectivity index (χ1) is 10.3. The molecule has 6 heteroatoms. The summed E-state index contributed by atoms with van der Waals surface area (Å²) < 4.78 is 5.64. The minimum absolute atomic E-state index is 0.408. The molecule has 1 atom stereocenters. The average molecular weight is 287 g/mol. The molecule has 0 amide bonds. The molecule has 0 unspecified atom stereocenters. The zero-order valence-corrected chi connectivity index (χ0v) is 12.3. The van der Waals surface area contributed by atoms with E-state index in [-0.39, 0.29) is 0 Å². The van der Waals surface area contributed by atoms with Crippen LogP contribution in [0.5, 0.6) is 0 Å². The van der Waals surface area contributed by atoms with Crippen LogP contribution in [0.4, 0.5) is 0 Å². The van der Waals surface area contributed by atoms with Crippen molar-refractivity contribution in [3.63, 3.8) is 0 Å². The van der Waals surface area contributed by atoms with Crippen molar-refractivity contribution in [3.8, 4) is 0 Å². The maximum absolute atomic E-state index is 5.64. The molecule has 1 aliphatic heterocycles. The molecule has 0 aromatic carbocycles. The molecule has 0 spiro atoms. The first-order valence-corrected chi connectivity index (χ1v) is 7.39. The number of morpholine rings is 1. The van der Waals surface area contributed by atoms with Crippen LogP contribution in [0.1, 0.15) is 23.6 Å². The lowest BCUT2D eigenvalue weighted by atomic mass is 10.1. The van der Waals surface area contributed by atoms with Gasteiger partial charge in [-0.05, 0) is 19.8 Å². The van der Waals surface area contributed by atoms with Gasteiger partial charge in [-0.2, -0.15) is 0 Å². The Hall–Kier alpha value is -1.79. The van der Waals surface area contributed by atoms with Gasteiger partial charge in [-0.25, -0.2) is 4.98 Å². The van der Waals surface area contributed by atoms with Gasteiger partial charge in [0.15, 0.2) is 0 Å². The second-order valence-corrected chi connectivity index (χ2v) is 5.36. The van der Waals surface area contributed by atoms with E-state index >= 15 is 0 Å². The number of rotatable bonds is 5. The van der Waals surface area contributed by atoms with Crippen molar-refractivity contribution in [2.75, 3.05) is 19.8 Å². The molecule has 112 valence electrons. The van der Waals surface area contributed by atoms with Gasteiger partial charge in [0.1, 0.15) is 5.82 Å². The third-order valence-electron chi connectivity index (χ3n) is 3.95. The largest absolute Gasteiger partial charge is 0.378 e. The number of imidazole rings is 1. The highest BCUT2D eigenvalue weighted by Gasteiger charge is 2.23. The zero-order valence-electron chi connectivity index (χ0n) is 12.3. The Morgan fingerprint density at radius 3 is 3.00 bits per heavy atom. The average Bonchev–Trinajstić information content (AvgIpc) is 3.01. The quantitative estimate of drug-likeness (QED) is 0.899. The van der Waals surface area contributed by atoms with Crippen molar-refractivity contribution in [2.24, 2.45) is 0 Å². The first kappa shape index (κ1) is 14.2. The van der Waals surface area contributed by atoms with Crippen LogP contribution in [-0.4, -0.2) is 50.6 Å². The normalized spacial score (nSPS) is 19.8. The van der Waals surface area contributed by atoms with Gasteiger partial charge in [-0.3, -0.25) is 14.9 Å². The van der Waals surface area contributed by atoms with Crippen LogP contribution in [0.3, 0.4) is 0 Å². The van der Waals surface area contributed by atoms with E-state index in [9.17, 15) is 0 Å². The number of aromatic amines is 1. The lowest BCUT2D eigenvalue weighted by Crippen LogP contribution is -2.45. The Morgan fingerprint density at radius 1 is 1.29 bits per heavy atom. The summed E-state index contributed by atoms with van der Waals surface area (Å²) in [5.41, 5.74) is 2.10. The Morgan fingerprint density at radius 2 is 2.19 bits per heavy atom. The minimum atomic E-state index is 0.408. The SMILES string of the molecule is Cc1nccnc1CC[C@@H]1COCCN1Cc1ncc[nH]1. The first-order valence-electron chi connectivity index (χ1n) is 7.39. The van der Waals surface area contributed by atoms with E-state index in [0.29, 0.717) is 6.04 Å². The van der Waals surface area contributed by atoms with Gasteiger partial charge in [0.05, 0.1) is 31.1 Å². The van der Waals surface area contributed by atoms with Crippen molar-refractivity contribution in [3.05, 3.63) is 42.0 Å². The smallest absolute Gasteiger partial charge is 0.120 e. The second-order valence-electron chi connectivity index (χ2n) is 5.36. The predicted molar refractivity (Wildman–Crippen MR) is 78.7 cm³/mol. The standard InChI is InChI=1S/C15H21N5O/c1-12-14(17-5-4-16-12)3-2-13-11-21-9-8-20(13)10-15-18-6-7-19-15/h4-7,13H,2-3,8-11H2,1H3,(H,18,19)/t13-/m1/s1. The van der Waals surface area contributed by atoms with Crippen molar-refractivity contribution in [1.82, 2.24) is 24.8 Å². The van der Waals surface area contributed by atoms with Gasteiger partial charge >= 0.3 is 0 Å². The van der Waals surface area contributed by atoms with Crippen LogP contribution in [-0.2, 0) is 17.7 Å². The van der Waals surface area contributed by atoms with Gasteiger partial charge in [-0.1, -0.05) is 0 Å². The van der Waals surface area contributed by atoms with Gasteiger partial charge in [0, 0.05) is 37.4 Å². The van der Waals surface area contributed by atoms with Crippen molar-refractivity contribution < 1.29 is 4.74 Å². The molecule has 0 radical (unpaired) electrons. The fraction of sp³-hybridized carbons (Fsp3) is 0.533. The molecular formula is C15H21N5O. The third-order valence-corrected chi connectivity index (χ3v) is 3.95. The lowest BCUT2D eigenvalue weighted by molar-refractivity contribution is -0.0154.